The van der Waals surface area contributed by atoms with E-state index in [1.54, 1.807) is 11.3 Å². The van der Waals surface area contributed by atoms with Crippen LogP contribution in [0.2, 0.25) is 0 Å². The summed E-state index contributed by atoms with van der Waals surface area (Å²) in [5, 5.41) is 9.90. The highest BCUT2D eigenvalue weighted by Crippen LogP contribution is 2.19. The third kappa shape index (κ3) is 8.92. The quantitative estimate of drug-likeness (QED) is 0.303. The Hall–Kier alpha value is -1.35. The number of thiazole rings is 1. The number of nitrogens with one attached hydrogen (secondary N) is 2. The summed E-state index contributed by atoms with van der Waals surface area (Å²) in [6.07, 6.45) is 0.892. The number of aliphatic imine (C=N–C) groups is 1. The van der Waals surface area contributed by atoms with Crippen LogP contribution < -0.4 is 15.4 Å². The molecule has 0 spiro atoms. The molecule has 0 bridgehead atoms. The molecule has 0 radical (unpaired) electrons. The second-order valence-corrected chi connectivity index (χ2v) is 7.60. The number of para-hydroxylation sites is 1. The van der Waals surface area contributed by atoms with Crippen LogP contribution in [0.3, 0.4) is 0 Å². The van der Waals surface area contributed by atoms with Crippen molar-refractivity contribution < 1.29 is 4.74 Å². The molecule has 1 aromatic carbocycles. The van der Waals surface area contributed by atoms with Gasteiger partial charge >= 0.3 is 0 Å². The van der Waals surface area contributed by atoms with E-state index in [1.807, 2.05) is 25.1 Å². The third-order valence-electron chi connectivity index (χ3n) is 3.64. The fourth-order valence-electron chi connectivity index (χ4n) is 2.37. The number of guanidine groups is 1. The summed E-state index contributed by atoms with van der Waals surface area (Å²) >= 11 is 1.69. The summed E-state index contributed by atoms with van der Waals surface area (Å²) in [5.41, 5.74) is 2.23. The van der Waals surface area contributed by atoms with E-state index in [0.717, 1.165) is 47.5 Å². The van der Waals surface area contributed by atoms with E-state index in [1.165, 1.54) is 0 Å². The van der Waals surface area contributed by atoms with Gasteiger partial charge in [0, 0.05) is 30.5 Å². The summed E-state index contributed by atoms with van der Waals surface area (Å²) in [6, 6.07) is 8.11. The van der Waals surface area contributed by atoms with Gasteiger partial charge in [-0.15, -0.1) is 35.3 Å². The van der Waals surface area contributed by atoms with Gasteiger partial charge in [0.15, 0.2) is 5.96 Å². The van der Waals surface area contributed by atoms with E-state index >= 15 is 0 Å². The predicted octanol–water partition coefficient (Wildman–Crippen LogP) is 4.40. The van der Waals surface area contributed by atoms with E-state index < -0.39 is 0 Å². The Kier molecular flexibility index (Phi) is 11.3. The number of hydrogen-bond donors (Lipinski definition) is 2. The largest absolute Gasteiger partial charge is 0.493 e. The molecule has 27 heavy (non-hydrogen) atoms. The highest BCUT2D eigenvalue weighted by Gasteiger charge is 2.05. The van der Waals surface area contributed by atoms with Gasteiger partial charge in [0.25, 0.3) is 0 Å². The van der Waals surface area contributed by atoms with Crippen LogP contribution in [0.5, 0.6) is 5.75 Å². The van der Waals surface area contributed by atoms with Crippen LogP contribution in [-0.4, -0.2) is 30.6 Å². The molecule has 0 atom stereocenters. The topological polar surface area (TPSA) is 58.5 Å². The number of benzene rings is 1. The molecule has 0 saturated carbocycles. The van der Waals surface area contributed by atoms with E-state index in [2.05, 4.69) is 47.8 Å². The Balaban J connectivity index is 0.00000364. The maximum atomic E-state index is 5.91. The number of aromatic nitrogens is 1. The Morgan fingerprint density at radius 2 is 2.04 bits per heavy atom. The van der Waals surface area contributed by atoms with Gasteiger partial charge in [0.05, 0.1) is 23.9 Å². The molecule has 0 aliphatic heterocycles. The lowest BCUT2D eigenvalue weighted by Crippen LogP contribution is -2.38. The highest BCUT2D eigenvalue weighted by molar-refractivity contribution is 14.0. The van der Waals surface area contributed by atoms with Crippen molar-refractivity contribution >= 4 is 41.3 Å². The minimum Gasteiger partial charge on any atom is -0.493 e. The van der Waals surface area contributed by atoms with E-state index in [-0.39, 0.29) is 24.0 Å². The lowest BCUT2D eigenvalue weighted by atomic mass is 10.2. The first-order valence-corrected chi connectivity index (χ1v) is 10.1. The molecule has 5 nitrogen and oxygen atoms in total. The zero-order valence-corrected chi connectivity index (χ0v) is 19.8. The Bertz CT molecular complexity index is 703. The van der Waals surface area contributed by atoms with Crippen molar-refractivity contribution in [2.24, 2.45) is 10.9 Å². The monoisotopic (exact) mass is 502 g/mol. The molecule has 7 heteroatoms. The standard InChI is InChI=1S/C20H30N4OS.HI/c1-5-21-20(22-11-10-18-14-26-16(4)24-18)23-12-17-8-6-7-9-19(17)25-13-15(2)3;/h6-9,14-15H,5,10-13H2,1-4H3,(H2,21,22,23);1H. The predicted molar refractivity (Wildman–Crippen MR) is 126 cm³/mol. The van der Waals surface area contributed by atoms with Crippen molar-refractivity contribution in [2.45, 2.75) is 40.7 Å². The van der Waals surface area contributed by atoms with Gasteiger partial charge in [-0.25, -0.2) is 9.98 Å². The summed E-state index contributed by atoms with van der Waals surface area (Å²) in [5.74, 6) is 2.23. The SMILES string of the molecule is CCNC(=NCc1ccccc1OCC(C)C)NCCc1csc(C)n1.I. The van der Waals surface area contributed by atoms with Gasteiger partial charge in [0.2, 0.25) is 0 Å². The zero-order valence-electron chi connectivity index (χ0n) is 16.6. The summed E-state index contributed by atoms with van der Waals surface area (Å²) in [7, 11) is 0. The molecule has 150 valence electrons. The molecule has 2 N–H and O–H groups in total. The molecule has 0 amide bonds. The van der Waals surface area contributed by atoms with Gasteiger partial charge in [-0.05, 0) is 25.8 Å². The van der Waals surface area contributed by atoms with Crippen molar-refractivity contribution in [3.63, 3.8) is 0 Å². The Labute approximate surface area is 184 Å². The fraction of sp³-hybridized carbons (Fsp3) is 0.500. The molecular formula is C20H31IN4OS. The molecule has 0 aliphatic carbocycles. The first-order chi connectivity index (χ1) is 12.6. The van der Waals surface area contributed by atoms with Crippen LogP contribution in [0.25, 0.3) is 0 Å². The van der Waals surface area contributed by atoms with Crippen LogP contribution in [0.4, 0.5) is 0 Å². The summed E-state index contributed by atoms with van der Waals surface area (Å²) in [4.78, 5) is 9.20. The maximum absolute atomic E-state index is 5.91. The lowest BCUT2D eigenvalue weighted by Gasteiger charge is -2.13. The first kappa shape index (κ1) is 23.7. The average Bonchev–Trinajstić information content (AvgIpc) is 3.03. The Morgan fingerprint density at radius 1 is 1.26 bits per heavy atom. The van der Waals surface area contributed by atoms with Gasteiger partial charge in [-0.2, -0.15) is 0 Å². The highest BCUT2D eigenvalue weighted by atomic mass is 127. The maximum Gasteiger partial charge on any atom is 0.191 e. The van der Waals surface area contributed by atoms with Gasteiger partial charge in [0.1, 0.15) is 5.75 Å². The number of halogens is 1. The molecule has 0 saturated heterocycles. The fourth-order valence-corrected chi connectivity index (χ4v) is 3.02. The molecular weight excluding hydrogens is 471 g/mol. The molecule has 1 heterocycles. The lowest BCUT2D eigenvalue weighted by molar-refractivity contribution is 0.268. The van der Waals surface area contributed by atoms with Gasteiger partial charge < -0.3 is 15.4 Å². The van der Waals surface area contributed by atoms with E-state index in [4.69, 9.17) is 9.73 Å². The second kappa shape index (κ2) is 12.9. The molecule has 0 unspecified atom stereocenters. The van der Waals surface area contributed by atoms with E-state index in [0.29, 0.717) is 19.1 Å². The molecule has 0 aliphatic rings. The second-order valence-electron chi connectivity index (χ2n) is 6.54. The first-order valence-electron chi connectivity index (χ1n) is 9.22. The normalized spacial score (nSPS) is 11.2. The van der Waals surface area contributed by atoms with Gasteiger partial charge in [-0.3, -0.25) is 0 Å². The van der Waals surface area contributed by atoms with E-state index in [9.17, 15) is 0 Å². The molecule has 2 rings (SSSR count). The summed E-state index contributed by atoms with van der Waals surface area (Å²) in [6.45, 7) is 11.3. The smallest absolute Gasteiger partial charge is 0.191 e. The number of ether oxygens (including phenoxy) is 1. The number of rotatable bonds is 9. The van der Waals surface area contributed by atoms with Crippen molar-refractivity contribution in [3.8, 4) is 5.75 Å². The molecule has 1 aromatic heterocycles. The van der Waals surface area contributed by atoms with Crippen LogP contribution in [0.15, 0.2) is 34.6 Å². The van der Waals surface area contributed by atoms with Crippen LogP contribution in [0.1, 0.15) is 37.0 Å². The Morgan fingerprint density at radius 3 is 2.70 bits per heavy atom. The van der Waals surface area contributed by atoms with Crippen LogP contribution >= 0.6 is 35.3 Å². The number of nitrogens with zero attached hydrogens (tertiary/aromatic N) is 2. The average molecular weight is 502 g/mol. The number of hydrogen-bond acceptors (Lipinski definition) is 4. The van der Waals surface area contributed by atoms with Crippen LogP contribution in [-0.2, 0) is 13.0 Å². The van der Waals surface area contributed by atoms with Crippen molar-refractivity contribution in [2.75, 3.05) is 19.7 Å². The number of aryl methyl sites for hydroxylation is 1. The van der Waals surface area contributed by atoms with Crippen molar-refractivity contribution in [1.82, 2.24) is 15.6 Å². The molecule has 0 fully saturated rings. The van der Waals surface area contributed by atoms with Crippen molar-refractivity contribution in [1.29, 1.82) is 0 Å². The third-order valence-corrected chi connectivity index (χ3v) is 4.46. The summed E-state index contributed by atoms with van der Waals surface area (Å²) < 4.78 is 5.91. The van der Waals surface area contributed by atoms with Crippen LogP contribution in [0, 0.1) is 12.8 Å². The zero-order chi connectivity index (χ0) is 18.8. The minimum atomic E-state index is 0. The minimum absolute atomic E-state index is 0. The van der Waals surface area contributed by atoms with Gasteiger partial charge in [-0.1, -0.05) is 32.0 Å². The van der Waals surface area contributed by atoms with Crippen molar-refractivity contribution in [3.05, 3.63) is 45.9 Å². The molecule has 2 aromatic rings.